The molecule has 0 unspecified atom stereocenters. The van der Waals surface area contributed by atoms with Gasteiger partial charge in [-0.1, -0.05) is 133 Å². The van der Waals surface area contributed by atoms with Crippen LogP contribution in [0.4, 0.5) is 0 Å². The molecule has 0 atom stereocenters. The first-order valence-electron chi connectivity index (χ1n) is 16.9. The smallest absolute Gasteiger partial charge is 0.162 e. The summed E-state index contributed by atoms with van der Waals surface area (Å²) in [5.74, 6) is 0.686. The molecule has 0 radical (unpaired) electrons. The highest BCUT2D eigenvalue weighted by atomic mass is 15.0. The largest absolute Gasteiger partial charge is 0.309 e. The van der Waals surface area contributed by atoms with Gasteiger partial charge in [-0.3, -0.25) is 0 Å². The van der Waals surface area contributed by atoms with Gasteiger partial charge in [0.25, 0.3) is 0 Å². The molecule has 0 aliphatic rings. The number of fused-ring (bicyclic) bond motifs is 7. The van der Waals surface area contributed by atoms with Crippen molar-refractivity contribution in [1.82, 2.24) is 19.1 Å². The van der Waals surface area contributed by atoms with Crippen LogP contribution in [0.3, 0.4) is 0 Å². The van der Waals surface area contributed by atoms with Crippen LogP contribution in [0.25, 0.3) is 88.9 Å². The number of rotatable bonds is 5. The summed E-state index contributed by atoms with van der Waals surface area (Å²) < 4.78 is 4.82. The Labute approximate surface area is 289 Å². The van der Waals surface area contributed by atoms with Gasteiger partial charge in [0, 0.05) is 43.9 Å². The van der Waals surface area contributed by atoms with Crippen LogP contribution >= 0.6 is 0 Å². The van der Waals surface area contributed by atoms with Crippen molar-refractivity contribution in [3.8, 4) is 45.3 Å². The van der Waals surface area contributed by atoms with Crippen molar-refractivity contribution in [3.63, 3.8) is 0 Å². The van der Waals surface area contributed by atoms with Gasteiger partial charge in [0.1, 0.15) is 0 Å². The number of para-hydroxylation sites is 4. The van der Waals surface area contributed by atoms with Gasteiger partial charge in [-0.25, -0.2) is 9.97 Å². The predicted octanol–water partition coefficient (Wildman–Crippen LogP) is 11.7. The van der Waals surface area contributed by atoms with E-state index in [-0.39, 0.29) is 0 Å². The van der Waals surface area contributed by atoms with Crippen LogP contribution in [-0.4, -0.2) is 19.1 Å². The highest BCUT2D eigenvalue weighted by Gasteiger charge is 2.23. The molecule has 10 aromatic rings. The third-order valence-corrected chi connectivity index (χ3v) is 9.74. The molecule has 0 aliphatic heterocycles. The Kier molecular flexibility index (Phi) is 6.46. The Bertz CT molecular complexity index is 2790. The van der Waals surface area contributed by atoms with Crippen molar-refractivity contribution >= 4 is 43.6 Å². The van der Waals surface area contributed by atoms with Gasteiger partial charge >= 0.3 is 0 Å². The van der Waals surface area contributed by atoms with Gasteiger partial charge in [-0.2, -0.15) is 0 Å². The topological polar surface area (TPSA) is 35.6 Å². The Hall–Kier alpha value is -6.78. The number of hydrogen-bond acceptors (Lipinski definition) is 2. The minimum atomic E-state index is 0.686. The normalized spacial score (nSPS) is 11.6. The van der Waals surface area contributed by atoms with Crippen LogP contribution in [0.2, 0.25) is 0 Å². The molecule has 234 valence electrons. The van der Waals surface area contributed by atoms with E-state index in [2.05, 4.69) is 179 Å². The molecule has 0 saturated carbocycles. The van der Waals surface area contributed by atoms with Gasteiger partial charge in [-0.15, -0.1) is 0 Å². The third kappa shape index (κ3) is 4.39. The SMILES string of the molecule is c1ccc(-c2cc(-c3ccccc3)nc(-c3ccccc3-n3c4ccccc4c4ccc5c(c6ccccc6n5-c5ccccc5)c43)n2)cc1. The summed E-state index contributed by atoms with van der Waals surface area (Å²) in [7, 11) is 0. The van der Waals surface area contributed by atoms with Crippen molar-refractivity contribution in [2.45, 2.75) is 0 Å². The molecular formula is C46H30N4. The van der Waals surface area contributed by atoms with E-state index in [9.17, 15) is 0 Å². The monoisotopic (exact) mass is 638 g/mol. The maximum atomic E-state index is 5.26. The van der Waals surface area contributed by atoms with E-state index in [4.69, 9.17) is 9.97 Å². The van der Waals surface area contributed by atoms with Gasteiger partial charge in [0.15, 0.2) is 5.82 Å². The standard InChI is InChI=1S/C46H30N4/c1-4-16-31(17-5-1)38-30-39(32-18-6-2-7-19-32)48-46(47-38)37-24-12-15-27-42(37)50-40-25-13-10-22-34(40)35-28-29-43-44(45(35)50)36-23-11-14-26-41(36)49(43)33-20-8-3-9-21-33/h1-30H. The van der Waals surface area contributed by atoms with Crippen LogP contribution in [-0.2, 0) is 0 Å². The second kappa shape index (κ2) is 11.4. The van der Waals surface area contributed by atoms with Gasteiger partial charge in [-0.05, 0) is 48.5 Å². The second-order valence-corrected chi connectivity index (χ2v) is 12.6. The average molecular weight is 639 g/mol. The van der Waals surface area contributed by atoms with Gasteiger partial charge in [0.05, 0.1) is 39.1 Å². The predicted molar refractivity (Wildman–Crippen MR) is 207 cm³/mol. The Morgan fingerprint density at radius 2 is 0.920 bits per heavy atom. The molecule has 0 fully saturated rings. The molecule has 3 heterocycles. The highest BCUT2D eigenvalue weighted by Crippen LogP contribution is 2.43. The minimum Gasteiger partial charge on any atom is -0.309 e. The lowest BCUT2D eigenvalue weighted by Crippen LogP contribution is -2.01. The molecule has 10 rings (SSSR count). The average Bonchev–Trinajstić information content (AvgIpc) is 3.72. The molecule has 0 aliphatic carbocycles. The first-order valence-corrected chi connectivity index (χ1v) is 16.9. The molecular weight excluding hydrogens is 609 g/mol. The van der Waals surface area contributed by atoms with Crippen molar-refractivity contribution < 1.29 is 0 Å². The zero-order chi connectivity index (χ0) is 33.0. The maximum Gasteiger partial charge on any atom is 0.162 e. The summed E-state index contributed by atoms with van der Waals surface area (Å²) in [6.45, 7) is 0. The van der Waals surface area contributed by atoms with E-state index in [1.165, 1.54) is 38.1 Å². The Balaban J connectivity index is 1.32. The van der Waals surface area contributed by atoms with Crippen molar-refractivity contribution in [3.05, 3.63) is 182 Å². The van der Waals surface area contributed by atoms with Crippen LogP contribution in [0.15, 0.2) is 182 Å². The first kappa shape index (κ1) is 28.3. The van der Waals surface area contributed by atoms with Crippen LogP contribution < -0.4 is 0 Å². The highest BCUT2D eigenvalue weighted by molar-refractivity contribution is 6.26. The van der Waals surface area contributed by atoms with Crippen molar-refractivity contribution in [2.24, 2.45) is 0 Å². The van der Waals surface area contributed by atoms with Crippen molar-refractivity contribution in [1.29, 1.82) is 0 Å². The zero-order valence-electron chi connectivity index (χ0n) is 27.1. The molecule has 7 aromatic carbocycles. The summed E-state index contributed by atoms with van der Waals surface area (Å²) >= 11 is 0. The Morgan fingerprint density at radius 3 is 1.60 bits per heavy atom. The zero-order valence-corrected chi connectivity index (χ0v) is 27.1. The molecule has 4 nitrogen and oxygen atoms in total. The molecule has 0 bridgehead atoms. The summed E-state index contributed by atoms with van der Waals surface area (Å²) in [5.41, 5.74) is 11.7. The Morgan fingerprint density at radius 1 is 0.380 bits per heavy atom. The second-order valence-electron chi connectivity index (χ2n) is 12.6. The van der Waals surface area contributed by atoms with E-state index >= 15 is 0 Å². The maximum absolute atomic E-state index is 5.26. The number of benzene rings is 7. The molecule has 0 saturated heterocycles. The van der Waals surface area contributed by atoms with Gasteiger partial charge in [0.2, 0.25) is 0 Å². The number of aromatic nitrogens is 4. The number of hydrogen-bond donors (Lipinski definition) is 0. The van der Waals surface area contributed by atoms with Crippen molar-refractivity contribution in [2.75, 3.05) is 0 Å². The summed E-state index contributed by atoms with van der Waals surface area (Å²) in [4.78, 5) is 10.5. The molecule has 50 heavy (non-hydrogen) atoms. The van der Waals surface area contributed by atoms with Gasteiger partial charge < -0.3 is 9.13 Å². The number of nitrogens with zero attached hydrogens (tertiary/aromatic N) is 4. The van der Waals surface area contributed by atoms with E-state index in [0.717, 1.165) is 45.0 Å². The van der Waals surface area contributed by atoms with Crippen LogP contribution in [0.5, 0.6) is 0 Å². The lowest BCUT2D eigenvalue weighted by molar-refractivity contribution is 1.14. The fraction of sp³-hybridized carbons (Fsp3) is 0. The molecule has 0 amide bonds. The van der Waals surface area contributed by atoms with Crippen LogP contribution in [0, 0.1) is 0 Å². The molecule has 4 heteroatoms. The third-order valence-electron chi connectivity index (χ3n) is 9.74. The lowest BCUT2D eigenvalue weighted by Gasteiger charge is -2.15. The summed E-state index contributed by atoms with van der Waals surface area (Å²) in [6.07, 6.45) is 0. The minimum absolute atomic E-state index is 0.686. The fourth-order valence-corrected chi connectivity index (χ4v) is 7.55. The van der Waals surface area contributed by atoms with E-state index in [1.54, 1.807) is 0 Å². The summed E-state index contributed by atoms with van der Waals surface area (Å²) in [6, 6.07) is 64.1. The summed E-state index contributed by atoms with van der Waals surface area (Å²) in [5, 5.41) is 4.85. The fourth-order valence-electron chi connectivity index (χ4n) is 7.55. The van der Waals surface area contributed by atoms with E-state index in [0.29, 0.717) is 5.82 Å². The molecule has 0 N–H and O–H groups in total. The lowest BCUT2D eigenvalue weighted by atomic mass is 10.1. The molecule has 0 spiro atoms. The molecule has 3 aromatic heterocycles. The van der Waals surface area contributed by atoms with E-state index < -0.39 is 0 Å². The van der Waals surface area contributed by atoms with E-state index in [1.807, 2.05) is 12.1 Å². The van der Waals surface area contributed by atoms with Crippen LogP contribution in [0.1, 0.15) is 0 Å². The first-order chi connectivity index (χ1) is 24.8. The quantitative estimate of drug-likeness (QED) is 0.188.